The zero-order valence-corrected chi connectivity index (χ0v) is 10.2. The number of aromatic amines is 1. The van der Waals surface area contributed by atoms with Gasteiger partial charge in [0.25, 0.3) is 0 Å². The first-order valence-corrected chi connectivity index (χ1v) is 5.86. The maximum absolute atomic E-state index is 11.4. The summed E-state index contributed by atoms with van der Waals surface area (Å²) in [5.74, 6) is 0.151. The summed E-state index contributed by atoms with van der Waals surface area (Å²) in [6.07, 6.45) is 2.53. The SMILES string of the molecule is CC(C)C(=O)NCCc1ccc2nc[nH]c2c1. The van der Waals surface area contributed by atoms with Crippen molar-refractivity contribution in [3.05, 3.63) is 30.1 Å². The maximum Gasteiger partial charge on any atom is 0.222 e. The lowest BCUT2D eigenvalue weighted by molar-refractivity contribution is -0.123. The number of fused-ring (bicyclic) bond motifs is 1. The number of carbonyl (C=O) groups excluding carboxylic acids is 1. The van der Waals surface area contributed by atoms with Gasteiger partial charge in [-0.1, -0.05) is 19.9 Å². The normalized spacial score (nSPS) is 11.0. The molecule has 0 spiro atoms. The molecule has 2 aromatic rings. The van der Waals surface area contributed by atoms with E-state index in [9.17, 15) is 4.79 Å². The minimum Gasteiger partial charge on any atom is -0.356 e. The zero-order chi connectivity index (χ0) is 12.3. The highest BCUT2D eigenvalue weighted by Gasteiger charge is 2.05. The van der Waals surface area contributed by atoms with E-state index in [2.05, 4.69) is 21.4 Å². The summed E-state index contributed by atoms with van der Waals surface area (Å²) in [5, 5.41) is 2.91. The highest BCUT2D eigenvalue weighted by molar-refractivity contribution is 5.78. The highest BCUT2D eigenvalue weighted by atomic mass is 16.1. The van der Waals surface area contributed by atoms with Crippen molar-refractivity contribution in [2.24, 2.45) is 5.92 Å². The summed E-state index contributed by atoms with van der Waals surface area (Å²) in [4.78, 5) is 18.6. The molecule has 17 heavy (non-hydrogen) atoms. The summed E-state index contributed by atoms with van der Waals surface area (Å²) in [6, 6.07) is 6.11. The summed E-state index contributed by atoms with van der Waals surface area (Å²) in [7, 11) is 0. The molecule has 4 nitrogen and oxygen atoms in total. The average molecular weight is 231 g/mol. The van der Waals surface area contributed by atoms with E-state index in [-0.39, 0.29) is 11.8 Å². The fourth-order valence-corrected chi connectivity index (χ4v) is 1.67. The van der Waals surface area contributed by atoms with Crippen molar-refractivity contribution in [2.45, 2.75) is 20.3 Å². The molecule has 1 aromatic carbocycles. The molecule has 4 heteroatoms. The second-order valence-electron chi connectivity index (χ2n) is 4.45. The van der Waals surface area contributed by atoms with Crippen molar-refractivity contribution in [1.29, 1.82) is 0 Å². The Bertz CT molecular complexity index is 516. The van der Waals surface area contributed by atoms with Crippen molar-refractivity contribution in [1.82, 2.24) is 15.3 Å². The van der Waals surface area contributed by atoms with E-state index in [1.807, 2.05) is 26.0 Å². The largest absolute Gasteiger partial charge is 0.356 e. The predicted octanol–water partition coefficient (Wildman–Crippen LogP) is 1.88. The molecule has 0 fully saturated rings. The number of imidazole rings is 1. The number of hydrogen-bond donors (Lipinski definition) is 2. The minimum absolute atomic E-state index is 0.0464. The van der Waals surface area contributed by atoms with Crippen LogP contribution in [0.15, 0.2) is 24.5 Å². The fraction of sp³-hybridized carbons (Fsp3) is 0.385. The van der Waals surface area contributed by atoms with E-state index >= 15 is 0 Å². The van der Waals surface area contributed by atoms with Crippen molar-refractivity contribution in [3.8, 4) is 0 Å². The molecule has 1 aromatic heterocycles. The maximum atomic E-state index is 11.4. The number of H-pyrrole nitrogens is 1. The third-order valence-electron chi connectivity index (χ3n) is 2.72. The van der Waals surface area contributed by atoms with Crippen LogP contribution in [-0.2, 0) is 11.2 Å². The average Bonchev–Trinajstić information content (AvgIpc) is 2.75. The van der Waals surface area contributed by atoms with Crippen LogP contribution in [0, 0.1) is 5.92 Å². The summed E-state index contributed by atoms with van der Waals surface area (Å²) in [5.41, 5.74) is 3.21. The first-order valence-electron chi connectivity index (χ1n) is 5.86. The second kappa shape index (κ2) is 4.99. The Kier molecular flexibility index (Phi) is 3.42. The van der Waals surface area contributed by atoms with Gasteiger partial charge in [0.1, 0.15) is 0 Å². The van der Waals surface area contributed by atoms with Crippen LogP contribution in [0.3, 0.4) is 0 Å². The van der Waals surface area contributed by atoms with E-state index in [0.29, 0.717) is 6.54 Å². The Balaban J connectivity index is 1.92. The fourth-order valence-electron chi connectivity index (χ4n) is 1.67. The van der Waals surface area contributed by atoms with Gasteiger partial charge in [0.15, 0.2) is 0 Å². The third-order valence-corrected chi connectivity index (χ3v) is 2.72. The minimum atomic E-state index is 0.0464. The lowest BCUT2D eigenvalue weighted by atomic mass is 10.1. The van der Waals surface area contributed by atoms with Crippen LogP contribution in [0.4, 0.5) is 0 Å². The Labute approximate surface area is 100 Å². The smallest absolute Gasteiger partial charge is 0.222 e. The number of benzene rings is 1. The van der Waals surface area contributed by atoms with Crippen LogP contribution in [0.2, 0.25) is 0 Å². The number of amides is 1. The topological polar surface area (TPSA) is 57.8 Å². The van der Waals surface area contributed by atoms with Crippen LogP contribution in [0.1, 0.15) is 19.4 Å². The molecule has 1 amide bonds. The van der Waals surface area contributed by atoms with Gasteiger partial charge in [-0.2, -0.15) is 0 Å². The Morgan fingerprint density at radius 2 is 2.29 bits per heavy atom. The molecule has 2 rings (SSSR count). The highest BCUT2D eigenvalue weighted by Crippen LogP contribution is 2.11. The number of nitrogens with one attached hydrogen (secondary N) is 2. The Morgan fingerprint density at radius 1 is 1.47 bits per heavy atom. The van der Waals surface area contributed by atoms with Crippen LogP contribution in [-0.4, -0.2) is 22.4 Å². The van der Waals surface area contributed by atoms with Gasteiger partial charge in [-0.3, -0.25) is 4.79 Å². The number of carbonyl (C=O) groups is 1. The number of aromatic nitrogens is 2. The molecule has 0 aliphatic heterocycles. The first-order chi connectivity index (χ1) is 8.16. The van der Waals surface area contributed by atoms with Crippen LogP contribution in [0.5, 0.6) is 0 Å². The molecule has 0 aliphatic rings. The van der Waals surface area contributed by atoms with E-state index in [1.165, 1.54) is 5.56 Å². The van der Waals surface area contributed by atoms with Crippen molar-refractivity contribution in [3.63, 3.8) is 0 Å². The molecular formula is C13H17N3O. The van der Waals surface area contributed by atoms with E-state index in [0.717, 1.165) is 17.5 Å². The molecule has 0 saturated carbocycles. The molecule has 1 heterocycles. The summed E-state index contributed by atoms with van der Waals surface area (Å²) >= 11 is 0. The van der Waals surface area contributed by atoms with Gasteiger partial charge in [-0.15, -0.1) is 0 Å². The van der Waals surface area contributed by atoms with Gasteiger partial charge < -0.3 is 10.3 Å². The number of nitrogens with zero attached hydrogens (tertiary/aromatic N) is 1. The third kappa shape index (κ3) is 2.84. The Hall–Kier alpha value is -1.84. The van der Waals surface area contributed by atoms with Crippen LogP contribution < -0.4 is 5.32 Å². The van der Waals surface area contributed by atoms with Crippen LogP contribution in [0.25, 0.3) is 11.0 Å². The quantitative estimate of drug-likeness (QED) is 0.844. The molecule has 0 unspecified atom stereocenters. The summed E-state index contributed by atoms with van der Waals surface area (Å²) < 4.78 is 0. The Morgan fingerprint density at radius 3 is 3.06 bits per heavy atom. The molecule has 0 aliphatic carbocycles. The standard InChI is InChI=1S/C13H17N3O/c1-9(2)13(17)14-6-5-10-3-4-11-12(7-10)16-8-15-11/h3-4,7-9H,5-6H2,1-2H3,(H,14,17)(H,15,16). The van der Waals surface area contributed by atoms with Crippen LogP contribution >= 0.6 is 0 Å². The predicted molar refractivity (Wildman–Crippen MR) is 67.6 cm³/mol. The van der Waals surface area contributed by atoms with E-state index < -0.39 is 0 Å². The lowest BCUT2D eigenvalue weighted by Gasteiger charge is -2.07. The van der Waals surface area contributed by atoms with Crippen molar-refractivity contribution >= 4 is 16.9 Å². The van der Waals surface area contributed by atoms with Gasteiger partial charge >= 0.3 is 0 Å². The van der Waals surface area contributed by atoms with Crippen molar-refractivity contribution < 1.29 is 4.79 Å². The second-order valence-corrected chi connectivity index (χ2v) is 4.45. The van der Waals surface area contributed by atoms with Gasteiger partial charge in [-0.25, -0.2) is 4.98 Å². The monoisotopic (exact) mass is 231 g/mol. The zero-order valence-electron chi connectivity index (χ0n) is 10.2. The van der Waals surface area contributed by atoms with Gasteiger partial charge in [0, 0.05) is 12.5 Å². The molecule has 0 radical (unpaired) electrons. The van der Waals surface area contributed by atoms with Gasteiger partial charge in [0.2, 0.25) is 5.91 Å². The molecular weight excluding hydrogens is 214 g/mol. The van der Waals surface area contributed by atoms with Gasteiger partial charge in [0.05, 0.1) is 17.4 Å². The van der Waals surface area contributed by atoms with E-state index in [1.54, 1.807) is 6.33 Å². The number of rotatable bonds is 4. The van der Waals surface area contributed by atoms with E-state index in [4.69, 9.17) is 0 Å². The number of hydrogen-bond acceptors (Lipinski definition) is 2. The molecule has 0 saturated heterocycles. The van der Waals surface area contributed by atoms with Crippen molar-refractivity contribution in [2.75, 3.05) is 6.54 Å². The molecule has 90 valence electrons. The molecule has 0 bridgehead atoms. The summed E-state index contributed by atoms with van der Waals surface area (Å²) in [6.45, 7) is 4.47. The lowest BCUT2D eigenvalue weighted by Crippen LogP contribution is -2.29. The first kappa shape index (κ1) is 11.6. The van der Waals surface area contributed by atoms with Gasteiger partial charge in [-0.05, 0) is 24.1 Å². The molecule has 0 atom stereocenters. The molecule has 2 N–H and O–H groups in total.